The number of aromatic nitrogens is 2. The van der Waals surface area contributed by atoms with E-state index < -0.39 is 0 Å². The first-order valence-electron chi connectivity index (χ1n) is 1.74. The molecule has 1 rings (SSSR count). The molecule has 0 aliphatic heterocycles. The fourth-order valence-corrected chi connectivity index (χ4v) is 1.29. The predicted molar refractivity (Wildman–Crippen MR) is 33.0 cm³/mol. The van der Waals surface area contributed by atoms with E-state index in [4.69, 9.17) is 0 Å². The van der Waals surface area contributed by atoms with Crippen LogP contribution < -0.4 is 4.59 Å². The van der Waals surface area contributed by atoms with Crippen molar-refractivity contribution in [2.75, 3.05) is 0 Å². The molecule has 0 saturated carbocycles. The second-order valence-corrected chi connectivity index (χ2v) is 3.21. The molecule has 0 radical (unpaired) electrons. The molecule has 38 valence electrons. The van der Waals surface area contributed by atoms with Gasteiger partial charge in [-0.15, -0.1) is 0 Å². The van der Waals surface area contributed by atoms with E-state index in [0.29, 0.717) is 0 Å². The Morgan fingerprint density at radius 1 is 1.86 bits per heavy atom. The van der Waals surface area contributed by atoms with Gasteiger partial charge in [0.2, 0.25) is 0 Å². The normalized spacial score (nSPS) is 9.29. The fourth-order valence-electron chi connectivity index (χ4n) is 0.298. The van der Waals surface area contributed by atoms with Crippen LogP contribution in [0.3, 0.4) is 0 Å². The van der Waals surface area contributed by atoms with Gasteiger partial charge in [-0.25, -0.2) is 0 Å². The zero-order valence-electron chi connectivity index (χ0n) is 3.46. The molecule has 1 heterocycles. The Kier molecular flexibility index (Phi) is 1.79. The number of H-pyrrole nitrogens is 1. The van der Waals surface area contributed by atoms with E-state index in [1.807, 2.05) is 6.07 Å². The summed E-state index contributed by atoms with van der Waals surface area (Å²) in [5, 5.41) is 6.56. The molecule has 0 aromatic carbocycles. The second kappa shape index (κ2) is 2.40. The number of nitrogens with zero attached hydrogens (tertiary/aromatic N) is 1. The van der Waals surface area contributed by atoms with Crippen LogP contribution in [0.15, 0.2) is 12.3 Å². The standard InChI is InChI=1S/C3H4N2SSe/c6-7-3-1-2-4-5-3/h1-2,6H,(H,4,5). The Morgan fingerprint density at radius 3 is 3.00 bits per heavy atom. The van der Waals surface area contributed by atoms with Crippen molar-refractivity contribution in [2.45, 2.75) is 0 Å². The van der Waals surface area contributed by atoms with Crippen molar-refractivity contribution in [1.82, 2.24) is 10.2 Å². The SMILES string of the molecule is S[Se]c1cc[nH]n1. The summed E-state index contributed by atoms with van der Waals surface area (Å²) in [6, 6.07) is 1.92. The second-order valence-electron chi connectivity index (χ2n) is 1.00. The van der Waals surface area contributed by atoms with E-state index in [9.17, 15) is 0 Å². The van der Waals surface area contributed by atoms with Crippen molar-refractivity contribution in [3.05, 3.63) is 12.3 Å². The molecule has 0 bridgehead atoms. The van der Waals surface area contributed by atoms with Gasteiger partial charge >= 0.3 is 51.9 Å². The van der Waals surface area contributed by atoms with Crippen LogP contribution in [0.1, 0.15) is 0 Å². The van der Waals surface area contributed by atoms with Gasteiger partial charge < -0.3 is 0 Å². The average molecular weight is 179 g/mol. The molecular weight excluding hydrogens is 175 g/mol. The first kappa shape index (κ1) is 5.22. The molecule has 0 spiro atoms. The topological polar surface area (TPSA) is 28.7 Å². The zero-order valence-corrected chi connectivity index (χ0v) is 6.06. The summed E-state index contributed by atoms with van der Waals surface area (Å²) < 4.78 is 1.05. The van der Waals surface area contributed by atoms with Gasteiger partial charge in [-0.05, 0) is 0 Å². The molecule has 0 unspecified atom stereocenters. The molecule has 0 fully saturated rings. The Bertz CT molecular complexity index is 127. The van der Waals surface area contributed by atoms with Crippen molar-refractivity contribution in [3.8, 4) is 0 Å². The number of hydrogen-bond acceptors (Lipinski definition) is 2. The van der Waals surface area contributed by atoms with Crippen LogP contribution >= 0.6 is 11.0 Å². The number of thiol groups is 1. The van der Waals surface area contributed by atoms with Crippen LogP contribution in [0.5, 0.6) is 0 Å². The zero-order chi connectivity index (χ0) is 5.11. The molecule has 1 aromatic rings. The minimum atomic E-state index is 0.250. The molecule has 0 saturated heterocycles. The summed E-state index contributed by atoms with van der Waals surface area (Å²) in [5.41, 5.74) is 0. The minimum absolute atomic E-state index is 0.250. The van der Waals surface area contributed by atoms with Gasteiger partial charge in [-0.3, -0.25) is 0 Å². The van der Waals surface area contributed by atoms with Crippen molar-refractivity contribution < 1.29 is 0 Å². The quantitative estimate of drug-likeness (QED) is 0.445. The number of aromatic amines is 1. The van der Waals surface area contributed by atoms with Gasteiger partial charge in [-0.1, -0.05) is 0 Å². The van der Waals surface area contributed by atoms with Crippen molar-refractivity contribution in [2.24, 2.45) is 0 Å². The van der Waals surface area contributed by atoms with E-state index in [-0.39, 0.29) is 13.8 Å². The van der Waals surface area contributed by atoms with Gasteiger partial charge in [0.1, 0.15) is 0 Å². The van der Waals surface area contributed by atoms with Gasteiger partial charge in [0.05, 0.1) is 0 Å². The van der Waals surface area contributed by atoms with E-state index >= 15 is 0 Å². The maximum atomic E-state index is 4.06. The Labute approximate surface area is 52.3 Å². The van der Waals surface area contributed by atoms with Crippen molar-refractivity contribution in [1.29, 1.82) is 0 Å². The number of nitrogens with one attached hydrogen (secondary N) is 1. The summed E-state index contributed by atoms with van der Waals surface area (Å²) >= 11 is 4.31. The first-order chi connectivity index (χ1) is 3.43. The van der Waals surface area contributed by atoms with Crippen molar-refractivity contribution in [3.63, 3.8) is 0 Å². The molecule has 0 aliphatic rings. The van der Waals surface area contributed by atoms with Crippen LogP contribution in [0.2, 0.25) is 0 Å². The number of rotatable bonds is 1. The predicted octanol–water partition coefficient (Wildman–Crippen LogP) is -0.416. The Morgan fingerprint density at radius 2 is 2.71 bits per heavy atom. The van der Waals surface area contributed by atoms with E-state index in [0.717, 1.165) is 4.59 Å². The maximum absolute atomic E-state index is 4.06. The monoisotopic (exact) mass is 180 g/mol. The molecule has 0 amide bonds. The first-order valence-corrected chi connectivity index (χ1v) is 5.26. The van der Waals surface area contributed by atoms with Crippen LogP contribution in [0.4, 0.5) is 0 Å². The van der Waals surface area contributed by atoms with E-state index in [2.05, 4.69) is 21.2 Å². The van der Waals surface area contributed by atoms with Crippen LogP contribution in [0.25, 0.3) is 0 Å². The summed E-state index contributed by atoms with van der Waals surface area (Å²) in [6.45, 7) is 0. The molecule has 7 heavy (non-hydrogen) atoms. The molecule has 1 N–H and O–H groups in total. The third kappa shape index (κ3) is 1.23. The Balaban J connectivity index is 2.76. The van der Waals surface area contributed by atoms with Crippen LogP contribution in [-0.2, 0) is 0 Å². The van der Waals surface area contributed by atoms with Gasteiger partial charge in [0, 0.05) is 0 Å². The van der Waals surface area contributed by atoms with Gasteiger partial charge in [0.25, 0.3) is 0 Å². The third-order valence-corrected chi connectivity index (χ3v) is 2.41. The summed E-state index contributed by atoms with van der Waals surface area (Å²) in [5.74, 6) is 0. The van der Waals surface area contributed by atoms with Crippen LogP contribution in [0, 0.1) is 0 Å². The van der Waals surface area contributed by atoms with Crippen molar-refractivity contribution >= 4 is 29.5 Å². The fraction of sp³-hybridized carbons (Fsp3) is 0. The number of hydrogen-bond donors (Lipinski definition) is 2. The van der Waals surface area contributed by atoms with E-state index in [1.165, 1.54) is 0 Å². The summed E-state index contributed by atoms with van der Waals surface area (Å²) in [4.78, 5) is 0. The van der Waals surface area contributed by atoms with Crippen LogP contribution in [-0.4, -0.2) is 24.0 Å². The van der Waals surface area contributed by atoms with Gasteiger partial charge in [-0.2, -0.15) is 0 Å². The van der Waals surface area contributed by atoms with Gasteiger partial charge in [0.15, 0.2) is 0 Å². The molecule has 2 nitrogen and oxygen atoms in total. The van der Waals surface area contributed by atoms with E-state index in [1.54, 1.807) is 6.20 Å². The molecule has 1 aromatic heterocycles. The molecule has 0 aliphatic carbocycles. The molecule has 4 heteroatoms. The average Bonchev–Trinajstić information content (AvgIpc) is 2.14. The summed E-state index contributed by atoms with van der Waals surface area (Å²) in [6.07, 6.45) is 1.80. The third-order valence-electron chi connectivity index (χ3n) is 0.569. The molecule has 0 atom stereocenters. The summed E-state index contributed by atoms with van der Waals surface area (Å²) in [7, 11) is 0. The molecular formula is C3H4N2SSe. The Hall–Kier alpha value is 0.0795.